The second-order valence-electron chi connectivity index (χ2n) is 3.45. The molecule has 1 aliphatic rings. The van der Waals surface area contributed by atoms with Crippen LogP contribution < -0.4 is 5.32 Å². The monoisotopic (exact) mass is 205 g/mol. The van der Waals surface area contributed by atoms with Crippen LogP contribution in [0.4, 0.5) is 0 Å². The van der Waals surface area contributed by atoms with Gasteiger partial charge in [0.2, 0.25) is 5.91 Å². The zero-order valence-electron chi connectivity index (χ0n) is 8.04. The van der Waals surface area contributed by atoms with Crippen LogP contribution in [0.25, 0.3) is 0 Å². The number of amides is 1. The molecule has 0 aromatic rings. The van der Waals surface area contributed by atoms with E-state index in [0.29, 0.717) is 0 Å². The normalized spacial score (nSPS) is 39.5. The zero-order chi connectivity index (χ0) is 10.9. The smallest absolute Gasteiger partial charge is 0.217 e. The first-order chi connectivity index (χ1) is 6.43. The second kappa shape index (κ2) is 4.22. The molecule has 0 aliphatic carbocycles. The molecule has 6 heteroatoms. The van der Waals surface area contributed by atoms with Gasteiger partial charge in [-0.05, 0) is 6.92 Å². The maximum atomic E-state index is 10.7. The maximum absolute atomic E-state index is 10.7. The molecule has 6 nitrogen and oxygen atoms in total. The highest BCUT2D eigenvalue weighted by Gasteiger charge is 2.45. The topological polar surface area (TPSA) is 99.0 Å². The highest BCUT2D eigenvalue weighted by molar-refractivity contribution is 5.73. The van der Waals surface area contributed by atoms with Gasteiger partial charge in [0.25, 0.3) is 0 Å². The lowest BCUT2D eigenvalue weighted by Gasteiger charge is -2.19. The maximum Gasteiger partial charge on any atom is 0.217 e. The van der Waals surface area contributed by atoms with Crippen LogP contribution in [0.15, 0.2) is 0 Å². The average molecular weight is 205 g/mol. The number of ether oxygens (including phenoxy) is 1. The summed E-state index contributed by atoms with van der Waals surface area (Å²) in [5, 5.41) is 30.4. The van der Waals surface area contributed by atoms with Crippen molar-refractivity contribution in [3.8, 4) is 0 Å². The van der Waals surface area contributed by atoms with Crippen LogP contribution in [0, 0.1) is 0 Å². The fourth-order valence-electron chi connectivity index (χ4n) is 1.49. The van der Waals surface area contributed by atoms with Crippen molar-refractivity contribution in [1.82, 2.24) is 5.32 Å². The first-order valence-electron chi connectivity index (χ1n) is 4.40. The van der Waals surface area contributed by atoms with Crippen LogP contribution in [0.3, 0.4) is 0 Å². The van der Waals surface area contributed by atoms with Crippen molar-refractivity contribution in [3.63, 3.8) is 0 Å². The van der Waals surface area contributed by atoms with Crippen LogP contribution >= 0.6 is 0 Å². The zero-order valence-corrected chi connectivity index (χ0v) is 8.04. The van der Waals surface area contributed by atoms with Gasteiger partial charge in [-0.2, -0.15) is 0 Å². The molecule has 82 valence electrons. The number of aliphatic hydroxyl groups excluding tert-OH is 3. The van der Waals surface area contributed by atoms with Crippen LogP contribution in [0.2, 0.25) is 0 Å². The molecular weight excluding hydrogens is 190 g/mol. The first kappa shape index (κ1) is 11.4. The van der Waals surface area contributed by atoms with Crippen molar-refractivity contribution < 1.29 is 24.9 Å². The van der Waals surface area contributed by atoms with E-state index in [-0.39, 0.29) is 5.91 Å². The van der Waals surface area contributed by atoms with Crippen molar-refractivity contribution in [3.05, 3.63) is 0 Å². The molecule has 4 N–H and O–H groups in total. The molecule has 0 aromatic carbocycles. The summed E-state index contributed by atoms with van der Waals surface area (Å²) in [6.45, 7) is 2.71. The van der Waals surface area contributed by atoms with Crippen molar-refractivity contribution in [2.24, 2.45) is 0 Å². The van der Waals surface area contributed by atoms with E-state index in [1.54, 1.807) is 0 Å². The minimum absolute atomic E-state index is 0.372. The van der Waals surface area contributed by atoms with E-state index in [0.717, 1.165) is 0 Å². The molecule has 0 saturated carbocycles. The minimum atomic E-state index is -1.28. The van der Waals surface area contributed by atoms with E-state index in [4.69, 9.17) is 4.74 Å². The standard InChI is InChI=1S/C8H15NO5/c1-3(10)7-6(12)5(8(13)14-7)9-4(2)11/h3,5-8,10,12-13H,1-2H3,(H,9,11)/t3-,5-,6-,7+,8?/m1/s1. The fraction of sp³-hybridized carbons (Fsp3) is 0.875. The summed E-state index contributed by atoms with van der Waals surface area (Å²) in [4.78, 5) is 10.7. The predicted octanol–water partition coefficient (Wildman–Crippen LogP) is -2.05. The van der Waals surface area contributed by atoms with Crippen molar-refractivity contribution in [2.75, 3.05) is 0 Å². The minimum Gasteiger partial charge on any atom is -0.391 e. The van der Waals surface area contributed by atoms with Gasteiger partial charge < -0.3 is 25.4 Å². The van der Waals surface area contributed by atoms with Gasteiger partial charge in [-0.3, -0.25) is 4.79 Å². The lowest BCUT2D eigenvalue weighted by atomic mass is 10.1. The largest absolute Gasteiger partial charge is 0.391 e. The van der Waals surface area contributed by atoms with Gasteiger partial charge in [0, 0.05) is 6.92 Å². The Balaban J connectivity index is 2.65. The molecule has 1 amide bonds. The average Bonchev–Trinajstić information content (AvgIpc) is 2.31. The molecular formula is C8H15NO5. The van der Waals surface area contributed by atoms with Gasteiger partial charge in [-0.15, -0.1) is 0 Å². The van der Waals surface area contributed by atoms with E-state index in [9.17, 15) is 20.1 Å². The molecule has 0 spiro atoms. The van der Waals surface area contributed by atoms with E-state index in [1.165, 1.54) is 13.8 Å². The first-order valence-corrected chi connectivity index (χ1v) is 4.40. The Morgan fingerprint density at radius 1 is 1.50 bits per heavy atom. The summed E-state index contributed by atoms with van der Waals surface area (Å²) in [6.07, 6.45) is -4.16. The number of carbonyl (C=O) groups excluding carboxylic acids is 1. The van der Waals surface area contributed by atoms with Crippen LogP contribution in [0.5, 0.6) is 0 Å². The number of aliphatic hydroxyl groups is 3. The Bertz CT molecular complexity index is 220. The van der Waals surface area contributed by atoms with Crippen LogP contribution in [-0.2, 0) is 9.53 Å². The Hall–Kier alpha value is -0.690. The summed E-state index contributed by atoms with van der Waals surface area (Å²) in [5.74, 6) is -0.372. The Morgan fingerprint density at radius 3 is 2.43 bits per heavy atom. The Labute approximate surface area is 81.5 Å². The van der Waals surface area contributed by atoms with Gasteiger partial charge in [0.05, 0.1) is 6.10 Å². The lowest BCUT2D eigenvalue weighted by Crippen LogP contribution is -2.48. The van der Waals surface area contributed by atoms with Crippen LogP contribution in [0.1, 0.15) is 13.8 Å². The molecule has 5 atom stereocenters. The van der Waals surface area contributed by atoms with Crippen LogP contribution in [-0.4, -0.2) is 51.9 Å². The molecule has 0 bridgehead atoms. The van der Waals surface area contributed by atoms with Gasteiger partial charge >= 0.3 is 0 Å². The summed E-state index contributed by atoms with van der Waals surface area (Å²) in [7, 11) is 0. The molecule has 1 fully saturated rings. The third-order valence-corrected chi connectivity index (χ3v) is 2.15. The van der Waals surface area contributed by atoms with Gasteiger partial charge in [0.15, 0.2) is 6.29 Å². The second-order valence-corrected chi connectivity index (χ2v) is 3.45. The van der Waals surface area contributed by atoms with E-state index >= 15 is 0 Å². The summed E-state index contributed by atoms with van der Waals surface area (Å²) in [5.41, 5.74) is 0. The summed E-state index contributed by atoms with van der Waals surface area (Å²) >= 11 is 0. The number of hydrogen-bond donors (Lipinski definition) is 4. The molecule has 1 unspecified atom stereocenters. The molecule has 1 heterocycles. The van der Waals surface area contributed by atoms with Crippen molar-refractivity contribution >= 4 is 5.91 Å². The molecule has 1 aliphatic heterocycles. The Kier molecular flexibility index (Phi) is 3.43. The molecule has 1 rings (SSSR count). The number of carbonyl (C=O) groups is 1. The third kappa shape index (κ3) is 2.21. The predicted molar refractivity (Wildman–Crippen MR) is 46.2 cm³/mol. The SMILES string of the molecule is CC(=O)N[C@H]1C(O)O[C@@H]([C@@H](C)O)[C@@H]1O. The van der Waals surface area contributed by atoms with Crippen molar-refractivity contribution in [1.29, 1.82) is 0 Å². The lowest BCUT2D eigenvalue weighted by molar-refractivity contribution is -0.134. The molecule has 0 aromatic heterocycles. The van der Waals surface area contributed by atoms with Gasteiger partial charge in [0.1, 0.15) is 18.2 Å². The number of nitrogens with one attached hydrogen (secondary N) is 1. The van der Waals surface area contributed by atoms with Crippen molar-refractivity contribution in [2.45, 2.75) is 44.5 Å². The Morgan fingerprint density at radius 2 is 2.07 bits per heavy atom. The fourth-order valence-corrected chi connectivity index (χ4v) is 1.49. The highest BCUT2D eigenvalue weighted by atomic mass is 16.6. The number of rotatable bonds is 2. The molecule has 0 radical (unpaired) electrons. The van der Waals surface area contributed by atoms with E-state index in [2.05, 4.69) is 5.32 Å². The van der Waals surface area contributed by atoms with Gasteiger partial charge in [-0.1, -0.05) is 0 Å². The highest BCUT2D eigenvalue weighted by Crippen LogP contribution is 2.22. The number of hydrogen-bond acceptors (Lipinski definition) is 5. The summed E-state index contributed by atoms with van der Waals surface area (Å²) < 4.78 is 4.89. The summed E-state index contributed by atoms with van der Waals surface area (Å²) in [6, 6.07) is -0.882. The van der Waals surface area contributed by atoms with Gasteiger partial charge in [-0.25, -0.2) is 0 Å². The molecule has 1 saturated heterocycles. The van der Waals surface area contributed by atoms with E-state index in [1.807, 2.05) is 0 Å². The van der Waals surface area contributed by atoms with E-state index < -0.39 is 30.6 Å². The third-order valence-electron chi connectivity index (χ3n) is 2.15. The quantitative estimate of drug-likeness (QED) is 0.416. The molecule has 14 heavy (non-hydrogen) atoms.